The van der Waals surface area contributed by atoms with Gasteiger partial charge in [-0.3, -0.25) is 0 Å². The van der Waals surface area contributed by atoms with Crippen molar-refractivity contribution in [3.05, 3.63) is 298 Å². The molecule has 12 aromatic rings. The van der Waals surface area contributed by atoms with Crippen LogP contribution in [0.4, 0.5) is 45.5 Å². The predicted octanol–water partition coefficient (Wildman–Crippen LogP) is 20.0. The number of anilines is 8. The quantitative estimate of drug-likeness (QED) is 0.150. The van der Waals surface area contributed by atoms with Gasteiger partial charge in [0, 0.05) is 78.8 Å². The van der Waals surface area contributed by atoms with E-state index in [0.717, 1.165) is 51.4 Å². The summed E-state index contributed by atoms with van der Waals surface area (Å²) in [5.41, 5.74) is 28.2. The summed E-state index contributed by atoms with van der Waals surface area (Å²) < 4.78 is 0. The number of hydrogen-bond acceptors (Lipinski definition) is 4. The highest BCUT2D eigenvalue weighted by Gasteiger charge is 2.40. The molecule has 85 heavy (non-hydrogen) atoms. The van der Waals surface area contributed by atoms with Crippen LogP contribution in [0.1, 0.15) is 69.5 Å². The standard InChI is InChI=1S/C24H23N.3C19H17N/c1-24(2)20-10-6-5-9-18(20)19-15-14-17-13-12-16-8-4-7-11-21(16)25(3)23(17)22(19)24;1-20-18-9-5-3-7-15(18)10-12-17-16-8-4-2-6-14(16)11-13-19(17)20;1-20-18-9-5-3-7-15(18)11-13-16-12-10-14-6-2-4-8-17(14)19(16)20;1-20-18-9-5-4-6-14(18)10-11-17-12-15-7-2-3-8-16(15)13-19(17)20/h4-11,14-15H,12-13H2,1-3H3;2-9,11,13H,10,12H2,1H3;2-10,12H,11,13H2,1H3;2-9,12-13H,10-11H2,1H3. The van der Waals surface area contributed by atoms with Gasteiger partial charge in [-0.15, -0.1) is 0 Å². The van der Waals surface area contributed by atoms with Crippen LogP contribution in [-0.2, 0) is 56.8 Å². The Bertz CT molecular complexity index is 4480. The van der Waals surface area contributed by atoms with Gasteiger partial charge in [0.15, 0.2) is 0 Å². The summed E-state index contributed by atoms with van der Waals surface area (Å²) in [4.78, 5) is 9.47. The highest BCUT2D eigenvalue weighted by molar-refractivity contribution is 5.99. The van der Waals surface area contributed by atoms with Crippen molar-refractivity contribution in [2.75, 3.05) is 47.8 Å². The van der Waals surface area contributed by atoms with Crippen molar-refractivity contribution in [1.82, 2.24) is 0 Å². The maximum atomic E-state index is 2.43. The summed E-state index contributed by atoms with van der Waals surface area (Å²) in [6, 6.07) is 88.4. The molecule has 17 rings (SSSR count). The van der Waals surface area contributed by atoms with Gasteiger partial charge in [-0.1, -0.05) is 214 Å². The molecule has 418 valence electrons. The molecule has 4 nitrogen and oxygen atoms in total. The molecule has 0 aromatic heterocycles. The molecule has 0 bridgehead atoms. The van der Waals surface area contributed by atoms with Crippen LogP contribution in [0.3, 0.4) is 0 Å². The molecule has 0 fully saturated rings. The lowest BCUT2D eigenvalue weighted by atomic mass is 9.80. The van der Waals surface area contributed by atoms with Crippen LogP contribution < -0.4 is 19.6 Å². The second kappa shape index (κ2) is 22.3. The first-order valence-corrected chi connectivity index (χ1v) is 30.7. The zero-order chi connectivity index (χ0) is 57.8. The molecule has 0 saturated heterocycles. The minimum Gasteiger partial charge on any atom is -0.344 e. The summed E-state index contributed by atoms with van der Waals surface area (Å²) >= 11 is 0. The van der Waals surface area contributed by atoms with E-state index in [-0.39, 0.29) is 5.41 Å². The van der Waals surface area contributed by atoms with Crippen molar-refractivity contribution in [1.29, 1.82) is 0 Å². The van der Waals surface area contributed by atoms with E-state index in [1.54, 1.807) is 0 Å². The van der Waals surface area contributed by atoms with Gasteiger partial charge in [0.25, 0.3) is 0 Å². The Morgan fingerprint density at radius 1 is 0.271 bits per heavy atom. The van der Waals surface area contributed by atoms with Gasteiger partial charge in [0.05, 0.1) is 5.69 Å². The Balaban J connectivity index is 0.000000101. The molecule has 4 aliphatic heterocycles. The third kappa shape index (κ3) is 9.68. The fourth-order valence-corrected chi connectivity index (χ4v) is 14.8. The summed E-state index contributed by atoms with van der Waals surface area (Å²) in [7, 11) is 8.78. The zero-order valence-electron chi connectivity index (χ0n) is 50.0. The fourth-order valence-electron chi connectivity index (χ4n) is 14.8. The lowest BCUT2D eigenvalue weighted by molar-refractivity contribution is 0.659. The fraction of sp³-hybridized carbons (Fsp3) is 0.185. The van der Waals surface area contributed by atoms with Crippen LogP contribution in [0, 0.1) is 0 Å². The lowest BCUT2D eigenvalue weighted by Gasteiger charge is -2.30. The third-order valence-corrected chi connectivity index (χ3v) is 19.2. The molecule has 0 radical (unpaired) electrons. The maximum absolute atomic E-state index is 2.43. The predicted molar refractivity (Wildman–Crippen MR) is 364 cm³/mol. The Kier molecular flexibility index (Phi) is 14.1. The molecule has 0 spiro atoms. The van der Waals surface area contributed by atoms with E-state index in [9.17, 15) is 0 Å². The lowest BCUT2D eigenvalue weighted by Crippen LogP contribution is -2.21. The molecule has 1 aliphatic carbocycles. The van der Waals surface area contributed by atoms with Crippen molar-refractivity contribution in [2.24, 2.45) is 0 Å². The van der Waals surface area contributed by atoms with Gasteiger partial charge in [0.2, 0.25) is 0 Å². The van der Waals surface area contributed by atoms with E-state index in [1.165, 1.54) is 145 Å². The van der Waals surface area contributed by atoms with Crippen molar-refractivity contribution in [2.45, 2.75) is 70.6 Å². The molecule has 0 saturated carbocycles. The molecular weight excluding hydrogens is 1030 g/mol. The first-order chi connectivity index (χ1) is 41.6. The molecule has 4 heteroatoms. The van der Waals surface area contributed by atoms with Crippen LogP contribution in [0.5, 0.6) is 0 Å². The molecule has 4 heterocycles. The van der Waals surface area contributed by atoms with Crippen molar-refractivity contribution < 1.29 is 0 Å². The Hall–Kier alpha value is -9.38. The monoisotopic (exact) mass is 1100 g/mol. The number of benzene rings is 12. The third-order valence-electron chi connectivity index (χ3n) is 19.2. The zero-order valence-corrected chi connectivity index (χ0v) is 50.0. The number of nitrogens with zero attached hydrogens (tertiary/aromatic N) is 4. The van der Waals surface area contributed by atoms with Crippen molar-refractivity contribution >= 4 is 77.8 Å². The van der Waals surface area contributed by atoms with E-state index in [1.807, 2.05) is 0 Å². The number of hydrogen-bond donors (Lipinski definition) is 0. The van der Waals surface area contributed by atoms with Gasteiger partial charge >= 0.3 is 0 Å². The normalized spacial score (nSPS) is 14.6. The van der Waals surface area contributed by atoms with Gasteiger partial charge < -0.3 is 19.6 Å². The summed E-state index contributed by atoms with van der Waals surface area (Å²) in [5, 5.41) is 8.06. The molecule has 5 aliphatic rings. The maximum Gasteiger partial charge on any atom is 0.0520 e. The largest absolute Gasteiger partial charge is 0.344 e. The smallest absolute Gasteiger partial charge is 0.0520 e. The van der Waals surface area contributed by atoms with Crippen LogP contribution in [0.25, 0.3) is 43.4 Å². The highest BCUT2D eigenvalue weighted by Crippen LogP contribution is 2.55. The minimum atomic E-state index is 0.0326. The second-order valence-corrected chi connectivity index (χ2v) is 24.3. The van der Waals surface area contributed by atoms with Crippen LogP contribution in [-0.4, -0.2) is 28.2 Å². The Labute approximate surface area is 502 Å². The van der Waals surface area contributed by atoms with Crippen LogP contribution >= 0.6 is 0 Å². The van der Waals surface area contributed by atoms with Gasteiger partial charge in [-0.05, 0) is 188 Å². The Morgan fingerprint density at radius 2 is 0.682 bits per heavy atom. The van der Waals surface area contributed by atoms with Gasteiger partial charge in [-0.25, -0.2) is 0 Å². The second-order valence-electron chi connectivity index (χ2n) is 24.3. The first kappa shape index (κ1) is 53.6. The number of aryl methyl sites for hydroxylation is 8. The SMILES string of the molecule is CN1c2ccccc2CCc2c1ccc1ccccc21.CN1c2ccccc2CCc2cc3ccccc3cc21.CN1c2ccccc2CCc2ccc3c(c21)C(C)(C)c1ccccc1-3.CN1c2ccccc2CCc2ccc3ccccc3c21. The van der Waals surface area contributed by atoms with Crippen molar-refractivity contribution in [3.8, 4) is 11.1 Å². The average molecular weight is 1100 g/mol. The molecule has 12 aromatic carbocycles. The molecule has 0 amide bonds. The van der Waals surface area contributed by atoms with Gasteiger partial charge in [0.1, 0.15) is 0 Å². The molecule has 0 atom stereocenters. The Morgan fingerprint density at radius 3 is 1.31 bits per heavy atom. The van der Waals surface area contributed by atoms with Crippen molar-refractivity contribution in [3.63, 3.8) is 0 Å². The topological polar surface area (TPSA) is 13.0 Å². The highest BCUT2D eigenvalue weighted by atomic mass is 15.1. The summed E-state index contributed by atoms with van der Waals surface area (Å²) in [6.45, 7) is 4.76. The number of para-hydroxylation sites is 4. The summed E-state index contributed by atoms with van der Waals surface area (Å²) in [5.74, 6) is 0. The van der Waals surface area contributed by atoms with E-state index in [0.29, 0.717) is 0 Å². The van der Waals surface area contributed by atoms with E-state index >= 15 is 0 Å². The first-order valence-electron chi connectivity index (χ1n) is 30.7. The molecule has 0 unspecified atom stereocenters. The van der Waals surface area contributed by atoms with E-state index < -0.39 is 0 Å². The average Bonchev–Trinajstić information content (AvgIpc) is 1.78. The number of fused-ring (bicyclic) bond motifs is 17. The number of rotatable bonds is 0. The van der Waals surface area contributed by atoms with Crippen LogP contribution in [0.2, 0.25) is 0 Å². The minimum absolute atomic E-state index is 0.0326. The van der Waals surface area contributed by atoms with Gasteiger partial charge in [-0.2, -0.15) is 0 Å². The molecule has 0 N–H and O–H groups in total. The van der Waals surface area contributed by atoms with Crippen LogP contribution in [0.15, 0.2) is 243 Å². The van der Waals surface area contributed by atoms with E-state index in [4.69, 9.17) is 0 Å². The van der Waals surface area contributed by atoms with E-state index in [2.05, 4.69) is 304 Å². The molecular formula is C81H74N4. The summed E-state index contributed by atoms with van der Waals surface area (Å²) in [6.07, 6.45) is 8.90.